The average Bonchev–Trinajstić information content (AvgIpc) is 2.47. The number of hydrogen-bond acceptors (Lipinski definition) is 3. The smallest absolute Gasteiger partial charge is 0.228 e. The second-order valence-corrected chi connectivity index (χ2v) is 7.87. The first-order chi connectivity index (χ1) is 10.8. The Morgan fingerprint density at radius 1 is 1.04 bits per heavy atom. The number of anilines is 1. The summed E-state index contributed by atoms with van der Waals surface area (Å²) in [5.74, 6) is 0.206. The minimum Gasteiger partial charge on any atom is -0.325 e. The van der Waals surface area contributed by atoms with Crippen molar-refractivity contribution < 1.29 is 13.2 Å². The van der Waals surface area contributed by atoms with Gasteiger partial charge in [-0.1, -0.05) is 50.2 Å². The van der Waals surface area contributed by atoms with Crippen molar-refractivity contribution in [1.29, 1.82) is 0 Å². The highest BCUT2D eigenvalue weighted by atomic mass is 32.2. The van der Waals surface area contributed by atoms with Gasteiger partial charge in [-0.05, 0) is 29.2 Å². The van der Waals surface area contributed by atoms with Crippen molar-refractivity contribution in [3.05, 3.63) is 59.7 Å². The van der Waals surface area contributed by atoms with Crippen molar-refractivity contribution >= 4 is 21.4 Å². The third kappa shape index (κ3) is 4.66. The number of sulfone groups is 1. The third-order valence-corrected chi connectivity index (χ3v) is 4.73. The Hall–Kier alpha value is -2.14. The molecule has 2 aromatic rings. The Labute approximate surface area is 137 Å². The van der Waals surface area contributed by atoms with Gasteiger partial charge < -0.3 is 5.32 Å². The zero-order valence-electron chi connectivity index (χ0n) is 13.5. The Bertz CT molecular complexity index is 793. The lowest BCUT2D eigenvalue weighted by Gasteiger charge is -2.10. The molecule has 5 heteroatoms. The van der Waals surface area contributed by atoms with E-state index in [1.165, 1.54) is 11.6 Å². The molecule has 4 nitrogen and oxygen atoms in total. The zero-order chi connectivity index (χ0) is 17.0. The van der Waals surface area contributed by atoms with Gasteiger partial charge in [0.2, 0.25) is 5.91 Å². The molecule has 0 bridgehead atoms. The summed E-state index contributed by atoms with van der Waals surface area (Å²) in [5.41, 5.74) is 2.43. The molecule has 0 heterocycles. The first-order valence-electron chi connectivity index (χ1n) is 7.45. The molecule has 0 radical (unpaired) electrons. The predicted molar refractivity (Wildman–Crippen MR) is 92.4 cm³/mol. The fourth-order valence-electron chi connectivity index (χ4n) is 2.29. The van der Waals surface area contributed by atoms with Crippen LogP contribution in [0.5, 0.6) is 0 Å². The normalized spacial score (nSPS) is 11.5. The molecule has 0 aliphatic heterocycles. The number of carbonyl (C=O) groups excluding carboxylic acids is 1. The highest BCUT2D eigenvalue weighted by molar-refractivity contribution is 7.90. The fourth-order valence-corrected chi connectivity index (χ4v) is 3.14. The van der Waals surface area contributed by atoms with Gasteiger partial charge in [0.05, 0.1) is 17.0 Å². The second kappa shape index (κ2) is 6.96. The van der Waals surface area contributed by atoms with E-state index in [9.17, 15) is 13.2 Å². The minimum atomic E-state index is -3.38. The first-order valence-corrected chi connectivity index (χ1v) is 9.34. The van der Waals surface area contributed by atoms with E-state index >= 15 is 0 Å². The van der Waals surface area contributed by atoms with Gasteiger partial charge in [0.25, 0.3) is 0 Å². The molecule has 0 aliphatic carbocycles. The number of para-hydroxylation sites is 1. The van der Waals surface area contributed by atoms with Gasteiger partial charge in [0.15, 0.2) is 9.84 Å². The summed E-state index contributed by atoms with van der Waals surface area (Å²) in [5, 5.41) is 2.68. The van der Waals surface area contributed by atoms with Crippen molar-refractivity contribution in [3.8, 4) is 0 Å². The van der Waals surface area contributed by atoms with Gasteiger partial charge in [0.1, 0.15) is 0 Å². The van der Waals surface area contributed by atoms with Gasteiger partial charge in [-0.3, -0.25) is 4.79 Å². The van der Waals surface area contributed by atoms with E-state index in [2.05, 4.69) is 19.2 Å². The van der Waals surface area contributed by atoms with Crippen LogP contribution in [-0.2, 0) is 21.1 Å². The first kappa shape index (κ1) is 17.2. The zero-order valence-corrected chi connectivity index (χ0v) is 14.4. The third-order valence-electron chi connectivity index (χ3n) is 3.57. The van der Waals surface area contributed by atoms with Gasteiger partial charge in [-0.15, -0.1) is 0 Å². The molecule has 0 atom stereocenters. The quantitative estimate of drug-likeness (QED) is 0.913. The van der Waals surface area contributed by atoms with Crippen molar-refractivity contribution in [3.63, 3.8) is 0 Å². The average molecular weight is 331 g/mol. The van der Waals surface area contributed by atoms with Crippen LogP contribution in [-0.4, -0.2) is 20.6 Å². The van der Waals surface area contributed by atoms with Crippen LogP contribution >= 0.6 is 0 Å². The highest BCUT2D eigenvalue weighted by Gasteiger charge is 2.14. The van der Waals surface area contributed by atoms with Crippen molar-refractivity contribution in [1.82, 2.24) is 0 Å². The van der Waals surface area contributed by atoms with Crippen LogP contribution in [0.15, 0.2) is 53.4 Å². The maximum atomic E-state index is 12.2. The maximum absolute atomic E-state index is 12.2. The van der Waals surface area contributed by atoms with E-state index in [1.54, 1.807) is 18.2 Å². The molecule has 0 aliphatic rings. The molecule has 2 rings (SSSR count). The molecule has 23 heavy (non-hydrogen) atoms. The molecule has 1 N–H and O–H groups in total. The standard InChI is InChI=1S/C18H21NO3S/c1-13(2)15-10-8-14(9-11-15)12-18(20)19-16-6-4-5-7-17(16)23(3,21)22/h4-11,13H,12H2,1-3H3,(H,19,20). The fraction of sp³-hybridized carbons (Fsp3) is 0.278. The van der Waals surface area contributed by atoms with E-state index < -0.39 is 9.84 Å². The topological polar surface area (TPSA) is 63.2 Å². The molecule has 0 saturated carbocycles. The maximum Gasteiger partial charge on any atom is 0.228 e. The predicted octanol–water partition coefficient (Wildman–Crippen LogP) is 3.39. The van der Waals surface area contributed by atoms with Crippen LogP contribution in [0.3, 0.4) is 0 Å². The Morgan fingerprint density at radius 3 is 2.22 bits per heavy atom. The summed E-state index contributed by atoms with van der Waals surface area (Å²) < 4.78 is 23.5. The minimum absolute atomic E-state index is 0.128. The lowest BCUT2D eigenvalue weighted by atomic mass is 10.0. The molecule has 0 saturated heterocycles. The van der Waals surface area contributed by atoms with Crippen molar-refractivity contribution in [2.75, 3.05) is 11.6 Å². The number of carbonyl (C=O) groups is 1. The summed E-state index contributed by atoms with van der Waals surface area (Å²) >= 11 is 0. The van der Waals surface area contributed by atoms with Gasteiger partial charge in [0, 0.05) is 6.26 Å². The van der Waals surface area contributed by atoms with E-state index in [0.717, 1.165) is 11.8 Å². The highest BCUT2D eigenvalue weighted by Crippen LogP contribution is 2.21. The van der Waals surface area contributed by atoms with Crippen molar-refractivity contribution in [2.45, 2.75) is 31.1 Å². The Morgan fingerprint density at radius 2 is 1.65 bits per heavy atom. The second-order valence-electron chi connectivity index (χ2n) is 5.89. The molecule has 0 fully saturated rings. The van der Waals surface area contributed by atoms with Crippen LogP contribution in [0.2, 0.25) is 0 Å². The van der Waals surface area contributed by atoms with Crippen LogP contribution < -0.4 is 5.32 Å². The summed E-state index contributed by atoms with van der Waals surface area (Å²) in [7, 11) is -3.38. The SMILES string of the molecule is CC(C)c1ccc(CC(=O)Nc2ccccc2S(C)(=O)=O)cc1. The van der Waals surface area contributed by atoms with Crippen molar-refractivity contribution in [2.24, 2.45) is 0 Å². The number of amides is 1. The largest absolute Gasteiger partial charge is 0.325 e. The molecule has 0 unspecified atom stereocenters. The van der Waals surface area contributed by atoms with E-state index in [0.29, 0.717) is 11.6 Å². The van der Waals surface area contributed by atoms with Crippen LogP contribution in [0.1, 0.15) is 30.9 Å². The van der Waals surface area contributed by atoms with E-state index in [-0.39, 0.29) is 17.2 Å². The summed E-state index contributed by atoms with van der Waals surface area (Å²) in [6, 6.07) is 14.3. The van der Waals surface area contributed by atoms with Crippen LogP contribution in [0, 0.1) is 0 Å². The number of rotatable bonds is 5. The Balaban J connectivity index is 2.11. The van der Waals surface area contributed by atoms with Gasteiger partial charge in [-0.2, -0.15) is 0 Å². The molecule has 122 valence electrons. The summed E-state index contributed by atoms with van der Waals surface area (Å²) in [6.07, 6.45) is 1.33. The monoisotopic (exact) mass is 331 g/mol. The number of hydrogen-bond donors (Lipinski definition) is 1. The van der Waals surface area contributed by atoms with Gasteiger partial charge in [-0.25, -0.2) is 8.42 Å². The summed E-state index contributed by atoms with van der Waals surface area (Å²) in [6.45, 7) is 4.23. The van der Waals surface area contributed by atoms with Gasteiger partial charge >= 0.3 is 0 Å². The lowest BCUT2D eigenvalue weighted by Crippen LogP contribution is -2.16. The van der Waals surface area contributed by atoms with Crippen LogP contribution in [0.4, 0.5) is 5.69 Å². The molecular weight excluding hydrogens is 310 g/mol. The number of benzene rings is 2. The molecular formula is C18H21NO3S. The molecule has 0 aromatic heterocycles. The van der Waals surface area contributed by atoms with E-state index in [1.807, 2.05) is 24.3 Å². The summed E-state index contributed by atoms with van der Waals surface area (Å²) in [4.78, 5) is 12.3. The Kier molecular flexibility index (Phi) is 5.21. The molecule has 0 spiro atoms. The van der Waals surface area contributed by atoms with Crippen LogP contribution in [0.25, 0.3) is 0 Å². The lowest BCUT2D eigenvalue weighted by molar-refractivity contribution is -0.115. The number of nitrogens with one attached hydrogen (secondary N) is 1. The molecule has 1 amide bonds. The molecule has 2 aromatic carbocycles. The van der Waals surface area contributed by atoms with E-state index in [4.69, 9.17) is 0 Å².